The largest absolute Gasteiger partial charge is 0.494 e. The maximum absolute atomic E-state index is 11.1. The Labute approximate surface area is 153 Å². The van der Waals surface area contributed by atoms with E-state index in [-0.39, 0.29) is 38.2 Å². The fourth-order valence-corrected chi connectivity index (χ4v) is 7.57. The van der Waals surface area contributed by atoms with Gasteiger partial charge in [-0.15, -0.1) is 14.0 Å². The Morgan fingerprint density at radius 3 is 1.25 bits per heavy atom. The van der Waals surface area contributed by atoms with Crippen molar-refractivity contribution in [2.45, 2.75) is 38.5 Å². The molecular formula is C13H24DyN3O2P. The molecule has 7 heteroatoms. The molecule has 5 nitrogen and oxygen atoms in total. The first kappa shape index (κ1) is 17.4. The van der Waals surface area contributed by atoms with Crippen molar-refractivity contribution < 1.29 is 47.5 Å². The first-order valence-electron chi connectivity index (χ1n) is 7.59. The second-order valence-corrected chi connectivity index (χ2v) is 8.58. The van der Waals surface area contributed by atoms with Crippen molar-refractivity contribution in [1.82, 2.24) is 14.0 Å². The molecular weight excluding hydrogens is 424 g/mol. The summed E-state index contributed by atoms with van der Waals surface area (Å²) in [5, 5.41) is 0. The zero-order valence-corrected chi connectivity index (χ0v) is 14.8. The van der Waals surface area contributed by atoms with Gasteiger partial charge in [0, 0.05) is 77.4 Å². The van der Waals surface area contributed by atoms with Crippen LogP contribution in [0.4, 0.5) is 0 Å². The third-order valence-electron chi connectivity index (χ3n) is 4.51. The van der Waals surface area contributed by atoms with Gasteiger partial charge in [-0.3, -0.25) is 0 Å². The van der Waals surface area contributed by atoms with Crippen molar-refractivity contribution >= 4 is 14.4 Å². The van der Waals surface area contributed by atoms with Gasteiger partial charge < -0.3 is 9.32 Å². The molecule has 118 valence electrons. The zero-order valence-electron chi connectivity index (χ0n) is 11.9. The summed E-state index contributed by atoms with van der Waals surface area (Å²) in [7, 11) is -2.06. The molecule has 3 fully saturated rings. The fourth-order valence-electron chi connectivity index (χ4n) is 3.64. The molecule has 0 unspecified atom stereocenters. The van der Waals surface area contributed by atoms with Crippen LogP contribution in [0, 0.1) is 38.2 Å². The Morgan fingerprint density at radius 1 is 0.700 bits per heavy atom. The van der Waals surface area contributed by atoms with Gasteiger partial charge in [-0.2, -0.15) is 0 Å². The molecule has 3 aliphatic rings. The molecule has 20 heavy (non-hydrogen) atoms. The van der Waals surface area contributed by atoms with Gasteiger partial charge in [0.05, 0.1) is 0 Å². The van der Waals surface area contributed by atoms with Crippen LogP contribution < -0.4 is 0 Å². The molecule has 0 bridgehead atoms. The van der Waals surface area contributed by atoms with Crippen LogP contribution in [0.15, 0.2) is 0 Å². The third-order valence-corrected chi connectivity index (χ3v) is 8.24. The molecule has 0 aliphatic carbocycles. The Kier molecular flexibility index (Phi) is 7.01. The Bertz CT molecular complexity index is 276. The predicted molar refractivity (Wildman–Crippen MR) is 76.1 cm³/mol. The third kappa shape index (κ3) is 3.20. The van der Waals surface area contributed by atoms with Crippen LogP contribution in [-0.2, 0) is 9.32 Å². The second kappa shape index (κ2) is 8.06. The summed E-state index contributed by atoms with van der Waals surface area (Å²) in [6, 6.07) is 0. The smallest absolute Gasteiger partial charge is 0.380 e. The van der Waals surface area contributed by atoms with Crippen LogP contribution in [0.2, 0.25) is 0 Å². The molecule has 3 aliphatic heterocycles. The van der Waals surface area contributed by atoms with E-state index >= 15 is 0 Å². The molecule has 3 heterocycles. The van der Waals surface area contributed by atoms with Gasteiger partial charge in [-0.05, 0) is 45.0 Å². The summed E-state index contributed by atoms with van der Waals surface area (Å²) in [4.78, 5) is 11.1. The second-order valence-electron chi connectivity index (χ2n) is 5.67. The monoisotopic (exact) mass is 449 g/mol. The first-order chi connectivity index (χ1) is 9.38. The van der Waals surface area contributed by atoms with Crippen molar-refractivity contribution in [1.29, 1.82) is 0 Å². The summed E-state index contributed by atoms with van der Waals surface area (Å²) in [5.74, 6) is 0. The SMILES string of the molecule is O=[C-]O[P+](N1CCCC1)(N1CCCC1)N1CCCC1.[Dy]. The average Bonchev–Trinajstić information content (AvgIpc) is 3.18. The molecule has 0 atom stereocenters. The van der Waals surface area contributed by atoms with E-state index in [4.69, 9.17) is 4.52 Å². The molecule has 0 aromatic heterocycles. The van der Waals surface area contributed by atoms with Crippen LogP contribution in [0.3, 0.4) is 0 Å². The van der Waals surface area contributed by atoms with Gasteiger partial charge in [0.15, 0.2) is 0 Å². The molecule has 3 rings (SSSR count). The standard InChI is InChI=1S/C13H24N3O2P.Dy/c17-13-18-19(14-7-1-2-8-14,15-9-3-4-10-15)16-11-5-6-12-16;/h1-12H2;. The molecule has 0 aromatic carbocycles. The van der Waals surface area contributed by atoms with Crippen molar-refractivity contribution in [3.63, 3.8) is 0 Å². The molecule has 3 saturated heterocycles. The number of rotatable bonds is 5. The molecule has 0 N–H and O–H groups in total. The topological polar surface area (TPSA) is 36.0 Å². The minimum absolute atomic E-state index is 0. The van der Waals surface area contributed by atoms with E-state index in [1.54, 1.807) is 0 Å². The molecule has 0 spiro atoms. The molecule has 0 aromatic rings. The van der Waals surface area contributed by atoms with E-state index < -0.39 is 7.94 Å². The number of nitrogens with zero attached hydrogens (tertiary/aromatic N) is 3. The average molecular weight is 448 g/mol. The van der Waals surface area contributed by atoms with Gasteiger partial charge in [0.1, 0.15) is 0 Å². The van der Waals surface area contributed by atoms with Gasteiger partial charge in [0.25, 0.3) is 0 Å². The van der Waals surface area contributed by atoms with Crippen molar-refractivity contribution in [2.75, 3.05) is 39.3 Å². The quantitative estimate of drug-likeness (QED) is 0.476. The minimum Gasteiger partial charge on any atom is -0.494 e. The molecule has 0 amide bonds. The summed E-state index contributed by atoms with van der Waals surface area (Å²) in [6.45, 7) is 8.24. The van der Waals surface area contributed by atoms with E-state index in [0.29, 0.717) is 0 Å². The van der Waals surface area contributed by atoms with Crippen LogP contribution in [0.5, 0.6) is 0 Å². The van der Waals surface area contributed by atoms with Gasteiger partial charge in [-0.1, -0.05) is 0 Å². The summed E-state index contributed by atoms with van der Waals surface area (Å²) in [5.41, 5.74) is 0. The Balaban J connectivity index is 0.00000147. The van der Waals surface area contributed by atoms with E-state index in [1.165, 1.54) is 38.5 Å². The van der Waals surface area contributed by atoms with Crippen molar-refractivity contribution in [2.24, 2.45) is 0 Å². The van der Waals surface area contributed by atoms with Crippen molar-refractivity contribution in [3.8, 4) is 0 Å². The summed E-state index contributed by atoms with van der Waals surface area (Å²) >= 11 is 0. The number of carbonyl (C=O) groups excluding carboxylic acids is 1. The first-order valence-corrected chi connectivity index (χ1v) is 9.15. The van der Waals surface area contributed by atoms with Gasteiger partial charge in [-0.25, -0.2) is 0 Å². The number of hydrogen-bond acceptors (Lipinski definition) is 5. The van der Waals surface area contributed by atoms with Crippen LogP contribution in [0.25, 0.3) is 0 Å². The molecule has 0 radical (unpaired) electrons. The van der Waals surface area contributed by atoms with Crippen LogP contribution >= 0.6 is 7.94 Å². The van der Waals surface area contributed by atoms with E-state index in [1.807, 2.05) is 6.47 Å². The van der Waals surface area contributed by atoms with Crippen molar-refractivity contribution in [3.05, 3.63) is 0 Å². The van der Waals surface area contributed by atoms with E-state index in [9.17, 15) is 4.79 Å². The summed E-state index contributed by atoms with van der Waals surface area (Å²) < 4.78 is 13.2. The maximum atomic E-state index is 11.1. The minimum atomic E-state index is -2.06. The Hall–Kier alpha value is 1.05. The molecule has 0 saturated carbocycles. The predicted octanol–water partition coefficient (Wildman–Crippen LogP) is 2.04. The number of hydrogen-bond donors (Lipinski definition) is 0. The normalized spacial score (nSPS) is 25.8. The summed E-state index contributed by atoms with van der Waals surface area (Å²) in [6.07, 6.45) is 7.37. The van der Waals surface area contributed by atoms with Gasteiger partial charge >= 0.3 is 7.94 Å². The van der Waals surface area contributed by atoms with Crippen LogP contribution in [0.1, 0.15) is 38.5 Å². The van der Waals surface area contributed by atoms with E-state index in [2.05, 4.69) is 14.0 Å². The fraction of sp³-hybridized carbons (Fsp3) is 0.923. The Morgan fingerprint density at radius 2 is 1.00 bits per heavy atom. The maximum Gasteiger partial charge on any atom is 0.380 e. The zero-order chi connectivity index (χ0) is 13.1. The van der Waals surface area contributed by atoms with Crippen LogP contribution in [-0.4, -0.2) is 59.8 Å². The van der Waals surface area contributed by atoms with Gasteiger partial charge in [0.2, 0.25) is 0 Å². The van der Waals surface area contributed by atoms with E-state index in [0.717, 1.165) is 39.3 Å².